The maximum absolute atomic E-state index is 12.3. The minimum Gasteiger partial charge on any atom is -0.488 e. The minimum atomic E-state index is -0.725. The lowest BCUT2D eigenvalue weighted by Gasteiger charge is -2.64. The number of likely N-dealkylation sites (tertiary alicyclic amines) is 1. The number of aliphatic hydroxyl groups is 2. The van der Waals surface area contributed by atoms with Gasteiger partial charge in [0.25, 0.3) is 0 Å². The Kier molecular flexibility index (Phi) is 3.42. The maximum Gasteiger partial charge on any atom is 0.126 e. The third kappa shape index (κ3) is 1.90. The van der Waals surface area contributed by atoms with Gasteiger partial charge in [0.1, 0.15) is 11.9 Å². The van der Waals surface area contributed by atoms with E-state index >= 15 is 0 Å². The highest BCUT2D eigenvalue weighted by Gasteiger charge is 2.72. The second-order valence-corrected chi connectivity index (χ2v) is 9.92. The third-order valence-corrected chi connectivity index (χ3v) is 8.87. The summed E-state index contributed by atoms with van der Waals surface area (Å²) in [6.45, 7) is 4.47. The minimum absolute atomic E-state index is 0.0789. The van der Waals surface area contributed by atoms with Gasteiger partial charge in [0.05, 0.1) is 11.0 Å². The molecule has 146 valence electrons. The number of nitrogens with zero attached hydrogens (tertiary/aromatic N) is 1. The molecule has 3 aliphatic carbocycles. The quantitative estimate of drug-likeness (QED) is 0.860. The summed E-state index contributed by atoms with van der Waals surface area (Å²) in [5.74, 6) is 1.96. The van der Waals surface area contributed by atoms with E-state index in [0.717, 1.165) is 50.4 Å². The van der Waals surface area contributed by atoms with Gasteiger partial charge in [-0.05, 0) is 69.0 Å². The molecule has 1 aromatic carbocycles. The summed E-state index contributed by atoms with van der Waals surface area (Å²) in [5, 5.41) is 22.4. The van der Waals surface area contributed by atoms with Gasteiger partial charge >= 0.3 is 0 Å². The van der Waals surface area contributed by atoms with Gasteiger partial charge in [-0.15, -0.1) is 0 Å². The fraction of sp³-hybridized carbons (Fsp3) is 0.739. The zero-order valence-corrected chi connectivity index (χ0v) is 16.3. The number of ether oxygens (including phenoxy) is 1. The second-order valence-electron chi connectivity index (χ2n) is 9.92. The predicted molar refractivity (Wildman–Crippen MR) is 103 cm³/mol. The van der Waals surface area contributed by atoms with Crippen LogP contribution in [-0.2, 0) is 11.8 Å². The first-order valence-electron chi connectivity index (χ1n) is 11.0. The molecule has 0 radical (unpaired) electrons. The monoisotopic (exact) mass is 369 g/mol. The highest BCUT2D eigenvalue weighted by Crippen LogP contribution is 2.65. The number of piperidine rings is 1. The van der Waals surface area contributed by atoms with Crippen LogP contribution in [0.4, 0.5) is 0 Å². The van der Waals surface area contributed by atoms with Crippen molar-refractivity contribution in [2.24, 2.45) is 11.8 Å². The molecule has 5 aliphatic rings. The molecular weight excluding hydrogens is 338 g/mol. The summed E-state index contributed by atoms with van der Waals surface area (Å²) in [6.07, 6.45) is 7.54. The molecule has 2 bridgehead atoms. The second kappa shape index (κ2) is 5.49. The van der Waals surface area contributed by atoms with E-state index in [9.17, 15) is 10.2 Å². The lowest BCUT2D eigenvalue weighted by atomic mass is 9.47. The van der Waals surface area contributed by atoms with Crippen molar-refractivity contribution in [2.75, 3.05) is 19.7 Å². The molecule has 1 saturated heterocycles. The summed E-state index contributed by atoms with van der Waals surface area (Å²) in [7, 11) is 0. The Morgan fingerprint density at radius 1 is 1.22 bits per heavy atom. The Hall–Kier alpha value is -1.10. The standard InChI is InChI=1S/C23H31NO3/c1-14-5-6-16-11-18-23(26)8-7-17(13-25)21-22(23,19(16)20(14)27-21)9-10-24(18)12-15-3-2-4-15/h5-6,15,17-18,21,25-26H,2-4,7-13H2,1H3. The van der Waals surface area contributed by atoms with E-state index < -0.39 is 5.60 Å². The van der Waals surface area contributed by atoms with Gasteiger partial charge in [-0.25, -0.2) is 0 Å². The number of hydrogen-bond acceptors (Lipinski definition) is 4. The van der Waals surface area contributed by atoms with Crippen molar-refractivity contribution in [1.82, 2.24) is 4.90 Å². The van der Waals surface area contributed by atoms with Crippen molar-refractivity contribution in [3.8, 4) is 5.75 Å². The SMILES string of the molecule is Cc1ccc2c3c1OC1C(CO)CCC4(O)C(C2)N(CC2CCC2)CCC314. The number of aliphatic hydroxyl groups excluding tert-OH is 1. The van der Waals surface area contributed by atoms with Crippen molar-refractivity contribution in [3.05, 3.63) is 28.8 Å². The van der Waals surface area contributed by atoms with Crippen LogP contribution in [0.25, 0.3) is 0 Å². The van der Waals surface area contributed by atoms with Gasteiger partial charge < -0.3 is 14.9 Å². The first kappa shape index (κ1) is 16.8. The van der Waals surface area contributed by atoms with Crippen LogP contribution in [0.5, 0.6) is 5.75 Å². The van der Waals surface area contributed by atoms with Crippen LogP contribution in [0.2, 0.25) is 0 Å². The normalized spacial score (nSPS) is 42.4. The van der Waals surface area contributed by atoms with Crippen molar-refractivity contribution < 1.29 is 14.9 Å². The average Bonchev–Trinajstić information content (AvgIpc) is 2.97. The Labute approximate surface area is 161 Å². The third-order valence-electron chi connectivity index (χ3n) is 8.87. The van der Waals surface area contributed by atoms with Gasteiger partial charge in [0, 0.05) is 30.7 Å². The predicted octanol–water partition coefficient (Wildman–Crippen LogP) is 2.56. The number of hydrogen-bond donors (Lipinski definition) is 2. The van der Waals surface area contributed by atoms with Crippen LogP contribution in [0.15, 0.2) is 12.1 Å². The summed E-state index contributed by atoms with van der Waals surface area (Å²) < 4.78 is 6.59. The van der Waals surface area contributed by atoms with E-state index in [1.165, 1.54) is 36.0 Å². The fourth-order valence-corrected chi connectivity index (χ4v) is 7.29. The molecule has 2 aliphatic heterocycles. The van der Waals surface area contributed by atoms with Gasteiger partial charge in [-0.1, -0.05) is 18.6 Å². The number of benzene rings is 1. The van der Waals surface area contributed by atoms with Crippen LogP contribution >= 0.6 is 0 Å². The highest BCUT2D eigenvalue weighted by atomic mass is 16.5. The van der Waals surface area contributed by atoms with Gasteiger partial charge in [0.2, 0.25) is 0 Å². The van der Waals surface area contributed by atoms with Crippen LogP contribution in [0, 0.1) is 18.8 Å². The van der Waals surface area contributed by atoms with Crippen LogP contribution in [-0.4, -0.2) is 52.6 Å². The maximum atomic E-state index is 12.3. The van der Waals surface area contributed by atoms with E-state index in [2.05, 4.69) is 24.0 Å². The van der Waals surface area contributed by atoms with E-state index in [4.69, 9.17) is 4.74 Å². The molecule has 5 atom stereocenters. The highest BCUT2D eigenvalue weighted by molar-refractivity contribution is 5.60. The fourth-order valence-electron chi connectivity index (χ4n) is 7.29. The summed E-state index contributed by atoms with van der Waals surface area (Å²) in [4.78, 5) is 2.62. The van der Waals surface area contributed by atoms with Crippen LogP contribution < -0.4 is 4.74 Å². The molecule has 27 heavy (non-hydrogen) atoms. The van der Waals surface area contributed by atoms with E-state index in [1.54, 1.807) is 0 Å². The Bertz CT molecular complexity index is 790. The van der Waals surface area contributed by atoms with Crippen molar-refractivity contribution in [1.29, 1.82) is 0 Å². The lowest BCUT2D eigenvalue weighted by Crippen LogP contribution is -2.76. The first-order valence-corrected chi connectivity index (χ1v) is 11.0. The molecule has 0 amide bonds. The Balaban J connectivity index is 1.51. The van der Waals surface area contributed by atoms with Crippen molar-refractivity contribution in [3.63, 3.8) is 0 Å². The van der Waals surface area contributed by atoms with Gasteiger partial charge in [0.15, 0.2) is 0 Å². The average molecular weight is 370 g/mol. The smallest absolute Gasteiger partial charge is 0.126 e. The lowest BCUT2D eigenvalue weighted by molar-refractivity contribution is -0.202. The zero-order chi connectivity index (χ0) is 18.4. The Morgan fingerprint density at radius 3 is 2.81 bits per heavy atom. The van der Waals surface area contributed by atoms with Crippen LogP contribution in [0.3, 0.4) is 0 Å². The molecule has 1 spiro atoms. The summed E-state index contributed by atoms with van der Waals surface area (Å²) >= 11 is 0. The number of aryl methyl sites for hydroxylation is 1. The Morgan fingerprint density at radius 2 is 2.07 bits per heavy atom. The molecule has 4 nitrogen and oxygen atoms in total. The number of rotatable bonds is 3. The molecule has 6 rings (SSSR count). The molecular formula is C23H31NO3. The zero-order valence-electron chi connectivity index (χ0n) is 16.3. The van der Waals surface area contributed by atoms with Crippen molar-refractivity contribution in [2.45, 2.75) is 75.0 Å². The molecule has 1 aromatic rings. The molecule has 2 N–H and O–H groups in total. The molecule has 2 saturated carbocycles. The van der Waals surface area contributed by atoms with Gasteiger partial charge in [-0.2, -0.15) is 0 Å². The molecule has 2 heterocycles. The first-order chi connectivity index (χ1) is 13.1. The molecule has 4 heteroatoms. The van der Waals surface area contributed by atoms with E-state index in [0.29, 0.717) is 0 Å². The van der Waals surface area contributed by atoms with Gasteiger partial charge in [-0.3, -0.25) is 4.90 Å². The topological polar surface area (TPSA) is 52.9 Å². The summed E-state index contributed by atoms with van der Waals surface area (Å²) in [5.41, 5.74) is 2.80. The summed E-state index contributed by atoms with van der Waals surface area (Å²) in [6, 6.07) is 4.66. The van der Waals surface area contributed by atoms with E-state index in [1.807, 2.05) is 0 Å². The van der Waals surface area contributed by atoms with E-state index in [-0.39, 0.29) is 30.1 Å². The molecule has 3 fully saturated rings. The van der Waals surface area contributed by atoms with Crippen LogP contribution in [0.1, 0.15) is 55.2 Å². The molecule has 5 unspecified atom stereocenters. The molecule has 0 aromatic heterocycles. The largest absolute Gasteiger partial charge is 0.488 e. The van der Waals surface area contributed by atoms with Crippen molar-refractivity contribution >= 4 is 0 Å².